The normalized spacial score (nSPS) is 29.5. The van der Waals surface area contributed by atoms with Gasteiger partial charge in [0.1, 0.15) is 0 Å². The van der Waals surface area contributed by atoms with E-state index in [9.17, 15) is 0 Å². The number of nitrogens with one attached hydrogen (secondary N) is 1. The fourth-order valence-electron chi connectivity index (χ4n) is 1.99. The highest BCUT2D eigenvalue weighted by molar-refractivity contribution is 4.78. The van der Waals surface area contributed by atoms with Gasteiger partial charge in [0.05, 0.1) is 6.61 Å². The van der Waals surface area contributed by atoms with Crippen molar-refractivity contribution >= 4 is 0 Å². The molecule has 0 aliphatic heterocycles. The monoisotopic (exact) mass is 173 g/mol. The Hall–Kier alpha value is -0.120. The fourth-order valence-corrected chi connectivity index (χ4v) is 1.99. The highest BCUT2D eigenvalue weighted by Gasteiger charge is 2.25. The van der Waals surface area contributed by atoms with E-state index in [2.05, 4.69) is 5.32 Å². The molecule has 0 spiro atoms. The lowest BCUT2D eigenvalue weighted by molar-refractivity contribution is 0.190. The van der Waals surface area contributed by atoms with Crippen LogP contribution in [0, 0.1) is 11.8 Å². The molecule has 0 aromatic heterocycles. The van der Waals surface area contributed by atoms with Crippen LogP contribution in [0.5, 0.6) is 0 Å². The first-order chi connectivity index (χ1) is 5.88. The maximum Gasteiger partial charge on any atom is 0.0555 e. The van der Waals surface area contributed by atoms with Crippen LogP contribution in [0.25, 0.3) is 0 Å². The summed E-state index contributed by atoms with van der Waals surface area (Å²) in [7, 11) is 0. The maximum absolute atomic E-state index is 9.02. The predicted molar refractivity (Wildman–Crippen MR) is 47.9 cm³/mol. The Kier molecular flexibility index (Phi) is 4.58. The Morgan fingerprint density at radius 1 is 1.17 bits per heavy atom. The molecule has 3 N–H and O–H groups in total. The molecular weight excluding hydrogens is 154 g/mol. The Bertz CT molecular complexity index is 119. The molecule has 1 aliphatic rings. The highest BCUT2D eigenvalue weighted by atomic mass is 16.3. The van der Waals surface area contributed by atoms with E-state index in [0.29, 0.717) is 25.0 Å². The Morgan fingerprint density at radius 2 is 1.92 bits per heavy atom. The molecule has 0 bridgehead atoms. The van der Waals surface area contributed by atoms with Crippen molar-refractivity contribution in [2.45, 2.75) is 19.3 Å². The zero-order valence-electron chi connectivity index (χ0n) is 7.50. The SMILES string of the molecule is OCCNCC1CCCC1CO. The van der Waals surface area contributed by atoms with Gasteiger partial charge in [0, 0.05) is 13.2 Å². The number of hydrogen-bond donors (Lipinski definition) is 3. The van der Waals surface area contributed by atoms with Crippen molar-refractivity contribution in [1.29, 1.82) is 0 Å². The molecular formula is C9H19NO2. The van der Waals surface area contributed by atoms with E-state index in [1.165, 1.54) is 19.3 Å². The van der Waals surface area contributed by atoms with Crippen LogP contribution in [-0.4, -0.2) is 36.5 Å². The molecule has 3 heteroatoms. The van der Waals surface area contributed by atoms with Gasteiger partial charge in [0.2, 0.25) is 0 Å². The molecule has 2 atom stereocenters. The minimum absolute atomic E-state index is 0.205. The summed E-state index contributed by atoms with van der Waals surface area (Å²) in [4.78, 5) is 0. The minimum atomic E-state index is 0.205. The molecule has 1 rings (SSSR count). The first kappa shape index (κ1) is 9.96. The third-order valence-electron chi connectivity index (χ3n) is 2.75. The van der Waals surface area contributed by atoms with E-state index < -0.39 is 0 Å². The fraction of sp³-hybridized carbons (Fsp3) is 1.00. The summed E-state index contributed by atoms with van der Waals surface area (Å²) >= 11 is 0. The van der Waals surface area contributed by atoms with Gasteiger partial charge in [0.15, 0.2) is 0 Å². The maximum atomic E-state index is 9.02. The van der Waals surface area contributed by atoms with Crippen molar-refractivity contribution in [3.05, 3.63) is 0 Å². The summed E-state index contributed by atoms with van der Waals surface area (Å²) in [5.41, 5.74) is 0. The van der Waals surface area contributed by atoms with Gasteiger partial charge < -0.3 is 15.5 Å². The lowest BCUT2D eigenvalue weighted by atomic mass is 9.97. The molecule has 3 nitrogen and oxygen atoms in total. The number of hydrogen-bond acceptors (Lipinski definition) is 3. The molecule has 1 aliphatic carbocycles. The van der Waals surface area contributed by atoms with Gasteiger partial charge in [-0.25, -0.2) is 0 Å². The van der Waals surface area contributed by atoms with Crippen molar-refractivity contribution < 1.29 is 10.2 Å². The van der Waals surface area contributed by atoms with E-state index in [0.717, 1.165) is 6.54 Å². The van der Waals surface area contributed by atoms with Crippen molar-refractivity contribution in [2.75, 3.05) is 26.3 Å². The van der Waals surface area contributed by atoms with E-state index in [-0.39, 0.29) is 6.61 Å². The summed E-state index contributed by atoms with van der Waals surface area (Å²) < 4.78 is 0. The first-order valence-corrected chi connectivity index (χ1v) is 4.81. The average Bonchev–Trinajstić information content (AvgIpc) is 2.52. The van der Waals surface area contributed by atoms with Gasteiger partial charge in [-0.05, 0) is 31.2 Å². The third-order valence-corrected chi connectivity index (χ3v) is 2.75. The van der Waals surface area contributed by atoms with Crippen molar-refractivity contribution in [3.63, 3.8) is 0 Å². The van der Waals surface area contributed by atoms with Crippen LogP contribution >= 0.6 is 0 Å². The van der Waals surface area contributed by atoms with Crippen LogP contribution in [-0.2, 0) is 0 Å². The van der Waals surface area contributed by atoms with Gasteiger partial charge >= 0.3 is 0 Å². The summed E-state index contributed by atoms with van der Waals surface area (Å²) in [5.74, 6) is 1.12. The summed E-state index contributed by atoms with van der Waals surface area (Å²) in [6.07, 6.45) is 3.64. The summed E-state index contributed by atoms with van der Waals surface area (Å²) in [6.45, 7) is 2.16. The van der Waals surface area contributed by atoms with Crippen molar-refractivity contribution in [1.82, 2.24) is 5.32 Å². The topological polar surface area (TPSA) is 52.5 Å². The second-order valence-corrected chi connectivity index (χ2v) is 3.56. The summed E-state index contributed by atoms with van der Waals surface area (Å²) in [5, 5.41) is 20.7. The quantitative estimate of drug-likeness (QED) is 0.512. The van der Waals surface area contributed by atoms with Crippen LogP contribution in [0.15, 0.2) is 0 Å². The van der Waals surface area contributed by atoms with Crippen molar-refractivity contribution in [3.8, 4) is 0 Å². The Balaban J connectivity index is 2.12. The molecule has 12 heavy (non-hydrogen) atoms. The van der Waals surface area contributed by atoms with Crippen LogP contribution in [0.4, 0.5) is 0 Å². The second kappa shape index (κ2) is 5.51. The van der Waals surface area contributed by atoms with Crippen molar-refractivity contribution in [2.24, 2.45) is 11.8 Å². The lowest BCUT2D eigenvalue weighted by Gasteiger charge is -2.17. The second-order valence-electron chi connectivity index (χ2n) is 3.56. The minimum Gasteiger partial charge on any atom is -0.396 e. The molecule has 1 saturated carbocycles. The van der Waals surface area contributed by atoms with Crippen LogP contribution in [0.3, 0.4) is 0 Å². The molecule has 0 radical (unpaired) electrons. The smallest absolute Gasteiger partial charge is 0.0555 e. The molecule has 0 aromatic carbocycles. The van der Waals surface area contributed by atoms with Crippen LogP contribution < -0.4 is 5.32 Å². The molecule has 0 saturated heterocycles. The van der Waals surface area contributed by atoms with E-state index >= 15 is 0 Å². The largest absolute Gasteiger partial charge is 0.396 e. The van der Waals surface area contributed by atoms with E-state index in [1.807, 2.05) is 0 Å². The molecule has 1 fully saturated rings. The first-order valence-electron chi connectivity index (χ1n) is 4.81. The summed E-state index contributed by atoms with van der Waals surface area (Å²) in [6, 6.07) is 0. The molecule has 0 amide bonds. The molecule has 72 valence electrons. The average molecular weight is 173 g/mol. The van der Waals surface area contributed by atoms with E-state index in [1.54, 1.807) is 0 Å². The predicted octanol–water partition coefficient (Wildman–Crippen LogP) is -0.0231. The molecule has 0 aromatic rings. The number of aliphatic hydroxyl groups excluding tert-OH is 2. The number of aliphatic hydroxyl groups is 2. The zero-order chi connectivity index (χ0) is 8.81. The zero-order valence-corrected chi connectivity index (χ0v) is 7.50. The molecule has 0 heterocycles. The molecule has 2 unspecified atom stereocenters. The lowest BCUT2D eigenvalue weighted by Crippen LogP contribution is -2.28. The Morgan fingerprint density at radius 3 is 2.58 bits per heavy atom. The standard InChI is InChI=1S/C9H19NO2/c11-5-4-10-6-8-2-1-3-9(8)7-12/h8-12H,1-7H2. The van der Waals surface area contributed by atoms with Gasteiger partial charge in [-0.1, -0.05) is 6.42 Å². The third kappa shape index (κ3) is 2.73. The van der Waals surface area contributed by atoms with Crippen LogP contribution in [0.2, 0.25) is 0 Å². The van der Waals surface area contributed by atoms with Crippen LogP contribution in [0.1, 0.15) is 19.3 Å². The van der Waals surface area contributed by atoms with E-state index in [4.69, 9.17) is 10.2 Å². The van der Waals surface area contributed by atoms with Gasteiger partial charge in [-0.2, -0.15) is 0 Å². The Labute approximate surface area is 73.8 Å². The van der Waals surface area contributed by atoms with Gasteiger partial charge in [0.25, 0.3) is 0 Å². The van der Waals surface area contributed by atoms with Gasteiger partial charge in [-0.15, -0.1) is 0 Å². The van der Waals surface area contributed by atoms with Gasteiger partial charge in [-0.3, -0.25) is 0 Å². The highest BCUT2D eigenvalue weighted by Crippen LogP contribution is 2.30. The number of rotatable bonds is 5.